The first-order chi connectivity index (χ1) is 8.70. The zero-order valence-electron chi connectivity index (χ0n) is 9.49. The second kappa shape index (κ2) is 4.70. The Morgan fingerprint density at radius 1 is 1.17 bits per heavy atom. The van der Waals surface area contributed by atoms with Crippen LogP contribution in [0.2, 0.25) is 0 Å². The van der Waals surface area contributed by atoms with Crippen molar-refractivity contribution in [3.8, 4) is 10.6 Å². The lowest BCUT2D eigenvalue weighted by atomic mass is 10.2. The van der Waals surface area contributed by atoms with Gasteiger partial charge >= 0.3 is 0 Å². The van der Waals surface area contributed by atoms with Crippen LogP contribution in [0.5, 0.6) is 0 Å². The summed E-state index contributed by atoms with van der Waals surface area (Å²) < 4.78 is 26.2. The zero-order valence-corrected chi connectivity index (χ0v) is 10.3. The van der Waals surface area contributed by atoms with Gasteiger partial charge in [0.1, 0.15) is 21.6 Å². The quantitative estimate of drug-likeness (QED) is 0.925. The highest BCUT2D eigenvalue weighted by atomic mass is 32.1. The molecular formula is C12H11F2N3S. The van der Waals surface area contributed by atoms with Gasteiger partial charge in [-0.3, -0.25) is 0 Å². The summed E-state index contributed by atoms with van der Waals surface area (Å²) in [6, 6.07) is 3.98. The minimum atomic E-state index is -0.599. The molecular weight excluding hydrogens is 256 g/mol. The van der Waals surface area contributed by atoms with E-state index in [0.717, 1.165) is 11.1 Å². The van der Waals surface area contributed by atoms with Gasteiger partial charge in [0.15, 0.2) is 0 Å². The molecule has 0 unspecified atom stereocenters. The first-order valence-corrected chi connectivity index (χ1v) is 6.54. The predicted octanol–water partition coefficient (Wildman–Crippen LogP) is 2.74. The van der Waals surface area contributed by atoms with Gasteiger partial charge in [0.05, 0.1) is 0 Å². The van der Waals surface area contributed by atoms with Gasteiger partial charge in [0, 0.05) is 24.2 Å². The Bertz CT molecular complexity index is 546. The van der Waals surface area contributed by atoms with E-state index in [2.05, 4.69) is 15.5 Å². The molecule has 1 heterocycles. The van der Waals surface area contributed by atoms with Crippen LogP contribution in [0, 0.1) is 11.6 Å². The summed E-state index contributed by atoms with van der Waals surface area (Å²) in [6.07, 6.45) is 2.42. The number of hydrogen-bond donors (Lipinski definition) is 1. The highest BCUT2D eigenvalue weighted by Crippen LogP contribution is 2.26. The van der Waals surface area contributed by atoms with Gasteiger partial charge in [-0.2, -0.15) is 0 Å². The Morgan fingerprint density at radius 2 is 1.89 bits per heavy atom. The monoisotopic (exact) mass is 267 g/mol. The van der Waals surface area contributed by atoms with Crippen molar-refractivity contribution in [1.29, 1.82) is 0 Å². The van der Waals surface area contributed by atoms with E-state index < -0.39 is 11.6 Å². The van der Waals surface area contributed by atoms with Crippen molar-refractivity contribution in [2.75, 3.05) is 0 Å². The van der Waals surface area contributed by atoms with Crippen LogP contribution < -0.4 is 5.32 Å². The van der Waals surface area contributed by atoms with Crippen molar-refractivity contribution in [3.63, 3.8) is 0 Å². The van der Waals surface area contributed by atoms with E-state index in [4.69, 9.17) is 0 Å². The van der Waals surface area contributed by atoms with Crippen molar-refractivity contribution >= 4 is 11.3 Å². The summed E-state index contributed by atoms with van der Waals surface area (Å²) >= 11 is 1.36. The molecule has 94 valence electrons. The number of aromatic nitrogens is 2. The maximum Gasteiger partial charge on any atom is 0.148 e. The third-order valence-electron chi connectivity index (χ3n) is 2.70. The van der Waals surface area contributed by atoms with Crippen LogP contribution in [-0.4, -0.2) is 16.2 Å². The average Bonchev–Trinajstić information content (AvgIpc) is 3.02. The molecule has 3 nitrogen and oxygen atoms in total. The van der Waals surface area contributed by atoms with E-state index in [1.807, 2.05) is 0 Å². The van der Waals surface area contributed by atoms with Crippen molar-refractivity contribution < 1.29 is 8.78 Å². The van der Waals surface area contributed by atoms with Crippen molar-refractivity contribution in [3.05, 3.63) is 34.8 Å². The highest BCUT2D eigenvalue weighted by Gasteiger charge is 2.20. The summed E-state index contributed by atoms with van der Waals surface area (Å²) in [5.74, 6) is -1.20. The molecule has 1 fully saturated rings. The lowest BCUT2D eigenvalue weighted by Gasteiger charge is -1.97. The molecule has 0 bridgehead atoms. The first kappa shape index (κ1) is 11.7. The molecule has 0 spiro atoms. The van der Waals surface area contributed by atoms with Gasteiger partial charge in [0.2, 0.25) is 0 Å². The average molecular weight is 267 g/mol. The number of rotatable bonds is 4. The SMILES string of the molecule is Fc1cc(F)cc(-c2nnc(CNC3CC3)s2)c1. The van der Waals surface area contributed by atoms with E-state index in [9.17, 15) is 8.78 Å². The number of benzene rings is 1. The van der Waals surface area contributed by atoms with Crippen molar-refractivity contribution in [2.45, 2.75) is 25.4 Å². The predicted molar refractivity (Wildman–Crippen MR) is 65.1 cm³/mol. The van der Waals surface area contributed by atoms with E-state index in [1.165, 1.54) is 36.3 Å². The van der Waals surface area contributed by atoms with Gasteiger partial charge < -0.3 is 5.32 Å². The van der Waals surface area contributed by atoms with Gasteiger partial charge in [-0.15, -0.1) is 10.2 Å². The molecule has 0 atom stereocenters. The largest absolute Gasteiger partial charge is 0.308 e. The summed E-state index contributed by atoms with van der Waals surface area (Å²) in [4.78, 5) is 0. The van der Waals surface area contributed by atoms with E-state index >= 15 is 0 Å². The topological polar surface area (TPSA) is 37.8 Å². The molecule has 6 heteroatoms. The molecule has 1 N–H and O–H groups in total. The number of halogens is 2. The number of hydrogen-bond acceptors (Lipinski definition) is 4. The fourth-order valence-electron chi connectivity index (χ4n) is 1.64. The Balaban J connectivity index is 1.78. The van der Waals surface area contributed by atoms with Gasteiger partial charge in [0.25, 0.3) is 0 Å². The third kappa shape index (κ3) is 2.70. The van der Waals surface area contributed by atoms with Crippen LogP contribution in [0.1, 0.15) is 17.8 Å². The first-order valence-electron chi connectivity index (χ1n) is 5.73. The van der Waals surface area contributed by atoms with E-state index in [-0.39, 0.29) is 0 Å². The Hall–Kier alpha value is -1.40. The molecule has 3 rings (SSSR count). The molecule has 0 saturated heterocycles. The van der Waals surface area contributed by atoms with Crippen LogP contribution >= 0.6 is 11.3 Å². The van der Waals surface area contributed by atoms with Crippen LogP contribution in [0.4, 0.5) is 8.78 Å². The van der Waals surface area contributed by atoms with Crippen LogP contribution in [0.25, 0.3) is 10.6 Å². The fraction of sp³-hybridized carbons (Fsp3) is 0.333. The second-order valence-corrected chi connectivity index (χ2v) is 5.38. The smallest absolute Gasteiger partial charge is 0.148 e. The van der Waals surface area contributed by atoms with Crippen LogP contribution in [-0.2, 0) is 6.54 Å². The van der Waals surface area contributed by atoms with Gasteiger partial charge in [-0.25, -0.2) is 8.78 Å². The van der Waals surface area contributed by atoms with Crippen LogP contribution in [0.3, 0.4) is 0 Å². The summed E-state index contributed by atoms with van der Waals surface area (Å²) in [5, 5.41) is 12.7. The molecule has 0 amide bonds. The van der Waals surface area contributed by atoms with E-state index in [1.54, 1.807) is 0 Å². The zero-order chi connectivity index (χ0) is 12.5. The molecule has 1 aliphatic carbocycles. The number of nitrogens with one attached hydrogen (secondary N) is 1. The summed E-state index contributed by atoms with van der Waals surface area (Å²) in [5.41, 5.74) is 0.433. The third-order valence-corrected chi connectivity index (χ3v) is 3.67. The molecule has 18 heavy (non-hydrogen) atoms. The van der Waals surface area contributed by atoms with E-state index in [0.29, 0.717) is 23.2 Å². The Morgan fingerprint density at radius 3 is 2.56 bits per heavy atom. The summed E-state index contributed by atoms with van der Waals surface area (Å²) in [7, 11) is 0. The fourth-order valence-corrected chi connectivity index (χ4v) is 2.42. The molecule has 1 aliphatic rings. The highest BCUT2D eigenvalue weighted by molar-refractivity contribution is 7.14. The summed E-state index contributed by atoms with van der Waals surface area (Å²) in [6.45, 7) is 0.667. The molecule has 0 radical (unpaired) electrons. The van der Waals surface area contributed by atoms with Crippen molar-refractivity contribution in [1.82, 2.24) is 15.5 Å². The maximum atomic E-state index is 13.1. The lowest BCUT2D eigenvalue weighted by Crippen LogP contribution is -2.14. The minimum Gasteiger partial charge on any atom is -0.308 e. The lowest BCUT2D eigenvalue weighted by molar-refractivity contribution is 0.584. The molecule has 1 aromatic carbocycles. The normalized spacial score (nSPS) is 15.0. The molecule has 1 aromatic heterocycles. The molecule has 0 aliphatic heterocycles. The van der Waals surface area contributed by atoms with Crippen LogP contribution in [0.15, 0.2) is 18.2 Å². The Labute approximate surface area is 107 Å². The van der Waals surface area contributed by atoms with Gasteiger partial charge in [-0.1, -0.05) is 11.3 Å². The second-order valence-electron chi connectivity index (χ2n) is 4.31. The molecule has 2 aromatic rings. The standard InChI is InChI=1S/C12H11F2N3S/c13-8-3-7(4-9(14)5-8)12-17-16-11(18-12)6-15-10-1-2-10/h3-5,10,15H,1-2,6H2. The Kier molecular flexibility index (Phi) is 3.05. The van der Waals surface area contributed by atoms with Gasteiger partial charge in [-0.05, 0) is 25.0 Å². The van der Waals surface area contributed by atoms with Crippen molar-refractivity contribution in [2.24, 2.45) is 0 Å². The molecule has 1 saturated carbocycles. The maximum absolute atomic E-state index is 13.1. The minimum absolute atomic E-state index is 0.433. The number of nitrogens with zero attached hydrogens (tertiary/aromatic N) is 2.